The van der Waals surface area contributed by atoms with E-state index in [1.165, 1.54) is 5.56 Å². The number of benzene rings is 1. The minimum Gasteiger partial charge on any atom is -0.328 e. The van der Waals surface area contributed by atoms with Gasteiger partial charge >= 0.3 is 0 Å². The van der Waals surface area contributed by atoms with Gasteiger partial charge in [0.25, 0.3) is 0 Å². The standard InChI is InChI=1S/C17H26N2O.ClH/c1-17(2,3)14-9-4-5-10-15(14)19-16(20)12-7-6-8-13(18)11-12;/h4-5,9-10,12-13H,6-8,11,18H2,1-3H3,(H,19,20);1H. The van der Waals surface area contributed by atoms with Gasteiger partial charge in [-0.25, -0.2) is 0 Å². The van der Waals surface area contributed by atoms with E-state index in [9.17, 15) is 4.79 Å². The second-order valence-corrected chi connectivity index (χ2v) is 6.91. The Morgan fingerprint density at radius 2 is 1.90 bits per heavy atom. The molecule has 3 nitrogen and oxygen atoms in total. The third-order valence-corrected chi connectivity index (χ3v) is 4.08. The summed E-state index contributed by atoms with van der Waals surface area (Å²) in [6, 6.07) is 8.24. The van der Waals surface area contributed by atoms with Crippen LogP contribution in [0.1, 0.15) is 52.0 Å². The minimum atomic E-state index is 0. The molecule has 1 saturated carbocycles. The lowest BCUT2D eigenvalue weighted by atomic mass is 9.84. The van der Waals surface area contributed by atoms with Crippen LogP contribution >= 0.6 is 12.4 Å². The maximum Gasteiger partial charge on any atom is 0.227 e. The summed E-state index contributed by atoms with van der Waals surface area (Å²) in [6.07, 6.45) is 3.86. The molecule has 1 amide bonds. The van der Waals surface area contributed by atoms with E-state index in [1.54, 1.807) is 0 Å². The molecule has 2 rings (SSSR count). The normalized spacial score (nSPS) is 22.3. The average molecular weight is 311 g/mol. The van der Waals surface area contributed by atoms with E-state index in [0.717, 1.165) is 31.4 Å². The van der Waals surface area contributed by atoms with Crippen molar-refractivity contribution in [1.82, 2.24) is 0 Å². The first kappa shape index (κ1) is 18.0. The summed E-state index contributed by atoms with van der Waals surface area (Å²) in [6.45, 7) is 6.48. The van der Waals surface area contributed by atoms with Gasteiger partial charge in [0.1, 0.15) is 0 Å². The van der Waals surface area contributed by atoms with E-state index in [0.29, 0.717) is 0 Å². The molecule has 0 saturated heterocycles. The highest BCUT2D eigenvalue weighted by molar-refractivity contribution is 5.93. The first-order valence-electron chi connectivity index (χ1n) is 7.54. The Bertz CT molecular complexity index is 482. The van der Waals surface area contributed by atoms with Gasteiger partial charge in [0.05, 0.1) is 0 Å². The van der Waals surface area contributed by atoms with Crippen LogP contribution in [0.25, 0.3) is 0 Å². The highest BCUT2D eigenvalue weighted by atomic mass is 35.5. The molecule has 0 aliphatic heterocycles. The zero-order valence-corrected chi connectivity index (χ0v) is 14.0. The number of nitrogens with two attached hydrogens (primary N) is 1. The number of nitrogens with one attached hydrogen (secondary N) is 1. The molecule has 2 atom stereocenters. The Labute approximate surface area is 134 Å². The quantitative estimate of drug-likeness (QED) is 0.871. The van der Waals surface area contributed by atoms with Crippen molar-refractivity contribution in [2.75, 3.05) is 5.32 Å². The molecule has 118 valence electrons. The van der Waals surface area contributed by atoms with Crippen LogP contribution < -0.4 is 11.1 Å². The zero-order valence-electron chi connectivity index (χ0n) is 13.2. The molecule has 1 aliphatic rings. The van der Waals surface area contributed by atoms with Crippen molar-refractivity contribution in [3.8, 4) is 0 Å². The SMILES string of the molecule is CC(C)(C)c1ccccc1NC(=O)C1CCCC(N)C1.Cl. The third-order valence-electron chi connectivity index (χ3n) is 4.08. The van der Waals surface area contributed by atoms with Crippen molar-refractivity contribution >= 4 is 24.0 Å². The summed E-state index contributed by atoms with van der Waals surface area (Å²) in [4.78, 5) is 12.4. The summed E-state index contributed by atoms with van der Waals surface area (Å²) in [5.74, 6) is 0.184. The average Bonchev–Trinajstić information content (AvgIpc) is 2.38. The molecule has 0 spiro atoms. The first-order valence-corrected chi connectivity index (χ1v) is 7.54. The molecule has 1 aromatic carbocycles. The number of hydrogen-bond donors (Lipinski definition) is 2. The van der Waals surface area contributed by atoms with Gasteiger partial charge < -0.3 is 11.1 Å². The van der Waals surface area contributed by atoms with Crippen molar-refractivity contribution in [2.45, 2.75) is 57.9 Å². The summed E-state index contributed by atoms with van der Waals surface area (Å²) < 4.78 is 0. The van der Waals surface area contributed by atoms with E-state index in [2.05, 4.69) is 32.2 Å². The fourth-order valence-corrected chi connectivity index (χ4v) is 2.95. The number of para-hydroxylation sites is 1. The van der Waals surface area contributed by atoms with Crippen LogP contribution in [0.3, 0.4) is 0 Å². The van der Waals surface area contributed by atoms with Crippen LogP contribution in [0.4, 0.5) is 5.69 Å². The van der Waals surface area contributed by atoms with Gasteiger partial charge in [-0.3, -0.25) is 4.79 Å². The largest absolute Gasteiger partial charge is 0.328 e. The highest BCUT2D eigenvalue weighted by Crippen LogP contribution is 2.31. The van der Waals surface area contributed by atoms with E-state index in [1.807, 2.05) is 18.2 Å². The molecule has 3 N–H and O–H groups in total. The summed E-state index contributed by atoms with van der Waals surface area (Å²) in [7, 11) is 0. The van der Waals surface area contributed by atoms with Gasteiger partial charge in [-0.05, 0) is 36.3 Å². The monoisotopic (exact) mass is 310 g/mol. The second-order valence-electron chi connectivity index (χ2n) is 6.91. The van der Waals surface area contributed by atoms with Gasteiger partial charge in [0.2, 0.25) is 5.91 Å². The summed E-state index contributed by atoms with van der Waals surface area (Å²) in [5.41, 5.74) is 8.11. The number of rotatable bonds is 2. The third kappa shape index (κ3) is 4.72. The molecule has 1 fully saturated rings. The molecule has 4 heteroatoms. The van der Waals surface area contributed by atoms with Crippen molar-refractivity contribution in [2.24, 2.45) is 11.7 Å². The molecule has 0 aromatic heterocycles. The number of anilines is 1. The lowest BCUT2D eigenvalue weighted by Crippen LogP contribution is -2.34. The van der Waals surface area contributed by atoms with Crippen LogP contribution in [0.5, 0.6) is 0 Å². The number of hydrogen-bond acceptors (Lipinski definition) is 2. The minimum absolute atomic E-state index is 0. The van der Waals surface area contributed by atoms with Gasteiger partial charge in [-0.2, -0.15) is 0 Å². The van der Waals surface area contributed by atoms with Crippen molar-refractivity contribution < 1.29 is 4.79 Å². The molecule has 0 bridgehead atoms. The molecular weight excluding hydrogens is 284 g/mol. The Morgan fingerprint density at radius 3 is 2.52 bits per heavy atom. The van der Waals surface area contributed by atoms with Crippen molar-refractivity contribution in [3.05, 3.63) is 29.8 Å². The maximum absolute atomic E-state index is 12.4. The van der Waals surface area contributed by atoms with Crippen LogP contribution in [0.2, 0.25) is 0 Å². The number of halogens is 1. The lowest BCUT2D eigenvalue weighted by Gasteiger charge is -2.27. The molecule has 0 radical (unpaired) electrons. The van der Waals surface area contributed by atoms with Crippen LogP contribution in [-0.4, -0.2) is 11.9 Å². The number of amides is 1. The molecular formula is C17H27ClN2O. The van der Waals surface area contributed by atoms with E-state index >= 15 is 0 Å². The van der Waals surface area contributed by atoms with Gasteiger partial charge in [0.15, 0.2) is 0 Å². The van der Waals surface area contributed by atoms with E-state index in [-0.39, 0.29) is 35.7 Å². The summed E-state index contributed by atoms with van der Waals surface area (Å²) >= 11 is 0. The van der Waals surface area contributed by atoms with Crippen molar-refractivity contribution in [3.63, 3.8) is 0 Å². The van der Waals surface area contributed by atoms with Gasteiger partial charge in [0, 0.05) is 17.6 Å². The lowest BCUT2D eigenvalue weighted by molar-refractivity contribution is -0.120. The number of carbonyl (C=O) groups is 1. The smallest absolute Gasteiger partial charge is 0.227 e. The van der Waals surface area contributed by atoms with Crippen LogP contribution in [-0.2, 0) is 10.2 Å². The van der Waals surface area contributed by atoms with E-state index in [4.69, 9.17) is 5.73 Å². The molecule has 21 heavy (non-hydrogen) atoms. The molecule has 2 unspecified atom stereocenters. The maximum atomic E-state index is 12.4. The Balaban J connectivity index is 0.00000220. The first-order chi connectivity index (χ1) is 9.38. The van der Waals surface area contributed by atoms with E-state index < -0.39 is 0 Å². The van der Waals surface area contributed by atoms with Gasteiger partial charge in [-0.1, -0.05) is 45.4 Å². The second kappa shape index (κ2) is 7.28. The number of carbonyl (C=O) groups excluding carboxylic acids is 1. The highest BCUT2D eigenvalue weighted by Gasteiger charge is 2.26. The zero-order chi connectivity index (χ0) is 14.8. The predicted molar refractivity (Wildman–Crippen MR) is 91.0 cm³/mol. The fraction of sp³-hybridized carbons (Fsp3) is 0.588. The topological polar surface area (TPSA) is 55.1 Å². The summed E-state index contributed by atoms with van der Waals surface area (Å²) in [5, 5.41) is 3.11. The molecule has 1 aromatic rings. The van der Waals surface area contributed by atoms with Crippen LogP contribution in [0.15, 0.2) is 24.3 Å². The fourth-order valence-electron chi connectivity index (χ4n) is 2.95. The van der Waals surface area contributed by atoms with Crippen molar-refractivity contribution in [1.29, 1.82) is 0 Å². The molecule has 0 heterocycles. The molecule has 1 aliphatic carbocycles. The predicted octanol–water partition coefficient (Wildman–Crippen LogP) is 3.86. The Hall–Kier alpha value is -1.06. The van der Waals surface area contributed by atoms with Gasteiger partial charge in [-0.15, -0.1) is 12.4 Å². The Kier molecular flexibility index (Phi) is 6.24. The van der Waals surface area contributed by atoms with Crippen LogP contribution in [0, 0.1) is 5.92 Å². The Morgan fingerprint density at radius 1 is 1.24 bits per heavy atom.